The number of piperidine rings is 1. The predicted molar refractivity (Wildman–Crippen MR) is 64.2 cm³/mol. The standard InChI is InChI=1S/C13H21N3/c1-16-8-7-14-13(16)9-11-6-5-10-3-2-4-12(10)15-11/h7-8,10-12,15H,2-6,9H2,1H3. The minimum Gasteiger partial charge on any atom is -0.338 e. The molecule has 0 bridgehead atoms. The van der Waals surface area contributed by atoms with Crippen LogP contribution in [-0.2, 0) is 13.5 Å². The molecule has 3 unspecified atom stereocenters. The monoisotopic (exact) mass is 219 g/mol. The van der Waals surface area contributed by atoms with Gasteiger partial charge in [-0.15, -0.1) is 0 Å². The Labute approximate surface area is 97.3 Å². The molecular formula is C13H21N3. The maximum atomic E-state index is 4.42. The summed E-state index contributed by atoms with van der Waals surface area (Å²) in [5.41, 5.74) is 0. The predicted octanol–water partition coefficient (Wildman–Crippen LogP) is 1.88. The lowest BCUT2D eigenvalue weighted by molar-refractivity contribution is 0.255. The number of nitrogens with one attached hydrogen (secondary N) is 1. The molecule has 3 heteroatoms. The number of fused-ring (bicyclic) bond motifs is 1. The van der Waals surface area contributed by atoms with Gasteiger partial charge >= 0.3 is 0 Å². The van der Waals surface area contributed by atoms with Crippen LogP contribution in [0.15, 0.2) is 12.4 Å². The molecule has 1 saturated heterocycles. The quantitative estimate of drug-likeness (QED) is 0.823. The SMILES string of the molecule is Cn1ccnc1CC1CCC2CCCC2N1. The minimum atomic E-state index is 0.653. The molecule has 0 amide bonds. The highest BCUT2D eigenvalue weighted by Crippen LogP contribution is 2.34. The largest absolute Gasteiger partial charge is 0.338 e. The topological polar surface area (TPSA) is 29.9 Å². The van der Waals surface area contributed by atoms with Crippen LogP contribution >= 0.6 is 0 Å². The third kappa shape index (κ3) is 1.88. The van der Waals surface area contributed by atoms with Crippen molar-refractivity contribution in [2.45, 2.75) is 50.6 Å². The van der Waals surface area contributed by atoms with E-state index in [9.17, 15) is 0 Å². The van der Waals surface area contributed by atoms with E-state index >= 15 is 0 Å². The van der Waals surface area contributed by atoms with Crippen LogP contribution in [0.5, 0.6) is 0 Å². The number of imidazole rings is 1. The molecule has 0 spiro atoms. The highest BCUT2D eigenvalue weighted by molar-refractivity contribution is 4.98. The fourth-order valence-electron chi connectivity index (χ4n) is 3.38. The number of aromatic nitrogens is 2. The van der Waals surface area contributed by atoms with Crippen molar-refractivity contribution < 1.29 is 0 Å². The zero-order valence-electron chi connectivity index (χ0n) is 10.0. The fraction of sp³-hybridized carbons (Fsp3) is 0.769. The lowest BCUT2D eigenvalue weighted by Gasteiger charge is -2.33. The van der Waals surface area contributed by atoms with Crippen molar-refractivity contribution in [1.29, 1.82) is 0 Å². The normalized spacial score (nSPS) is 33.9. The first-order chi connectivity index (χ1) is 7.83. The summed E-state index contributed by atoms with van der Waals surface area (Å²) < 4.78 is 2.14. The van der Waals surface area contributed by atoms with Gasteiger partial charge in [0.2, 0.25) is 0 Å². The van der Waals surface area contributed by atoms with Gasteiger partial charge in [0, 0.05) is 37.9 Å². The smallest absolute Gasteiger partial charge is 0.109 e. The number of nitrogens with zero attached hydrogens (tertiary/aromatic N) is 2. The second kappa shape index (κ2) is 4.21. The van der Waals surface area contributed by atoms with Gasteiger partial charge in [0.25, 0.3) is 0 Å². The van der Waals surface area contributed by atoms with Crippen molar-refractivity contribution in [2.24, 2.45) is 13.0 Å². The summed E-state index contributed by atoms with van der Waals surface area (Å²) in [6.07, 6.45) is 12.0. The highest BCUT2D eigenvalue weighted by Gasteiger charge is 2.33. The first kappa shape index (κ1) is 10.3. The Morgan fingerprint density at radius 1 is 1.38 bits per heavy atom. The van der Waals surface area contributed by atoms with Gasteiger partial charge in [0.05, 0.1) is 0 Å². The molecule has 88 valence electrons. The Morgan fingerprint density at radius 3 is 3.12 bits per heavy atom. The van der Waals surface area contributed by atoms with Gasteiger partial charge in [0.15, 0.2) is 0 Å². The average Bonchev–Trinajstić information content (AvgIpc) is 2.88. The van der Waals surface area contributed by atoms with Crippen LogP contribution in [0.25, 0.3) is 0 Å². The van der Waals surface area contributed by atoms with Gasteiger partial charge in [-0.3, -0.25) is 0 Å². The maximum absolute atomic E-state index is 4.42. The Bertz CT molecular complexity index is 358. The molecule has 0 aromatic carbocycles. The number of hydrogen-bond acceptors (Lipinski definition) is 2. The van der Waals surface area contributed by atoms with E-state index in [-0.39, 0.29) is 0 Å². The van der Waals surface area contributed by atoms with E-state index in [4.69, 9.17) is 0 Å². The van der Waals surface area contributed by atoms with Crippen LogP contribution in [0.1, 0.15) is 37.9 Å². The van der Waals surface area contributed by atoms with Gasteiger partial charge in [-0.25, -0.2) is 4.98 Å². The number of aryl methyl sites for hydroxylation is 1. The molecule has 2 fully saturated rings. The van der Waals surface area contributed by atoms with Crippen molar-refractivity contribution in [3.63, 3.8) is 0 Å². The zero-order chi connectivity index (χ0) is 11.0. The molecule has 3 rings (SSSR count). The first-order valence-electron chi connectivity index (χ1n) is 6.55. The molecule has 3 atom stereocenters. The Kier molecular flexibility index (Phi) is 2.72. The second-order valence-electron chi connectivity index (χ2n) is 5.40. The summed E-state index contributed by atoms with van der Waals surface area (Å²) in [6.45, 7) is 0. The minimum absolute atomic E-state index is 0.653. The molecule has 3 nitrogen and oxygen atoms in total. The molecule has 1 aliphatic heterocycles. The average molecular weight is 219 g/mol. The van der Waals surface area contributed by atoms with Crippen molar-refractivity contribution in [2.75, 3.05) is 0 Å². The molecule has 1 aromatic rings. The van der Waals surface area contributed by atoms with Crippen LogP contribution in [0, 0.1) is 5.92 Å². The summed E-state index contributed by atoms with van der Waals surface area (Å²) in [6, 6.07) is 1.46. The first-order valence-corrected chi connectivity index (χ1v) is 6.55. The summed E-state index contributed by atoms with van der Waals surface area (Å²) >= 11 is 0. The number of hydrogen-bond donors (Lipinski definition) is 1. The van der Waals surface area contributed by atoms with Gasteiger partial charge < -0.3 is 9.88 Å². The molecular weight excluding hydrogens is 198 g/mol. The van der Waals surface area contributed by atoms with E-state index in [0.29, 0.717) is 6.04 Å². The van der Waals surface area contributed by atoms with Crippen molar-refractivity contribution >= 4 is 0 Å². The highest BCUT2D eigenvalue weighted by atomic mass is 15.1. The van der Waals surface area contributed by atoms with Crippen molar-refractivity contribution in [3.8, 4) is 0 Å². The van der Waals surface area contributed by atoms with Crippen LogP contribution in [0.2, 0.25) is 0 Å². The lowest BCUT2D eigenvalue weighted by Crippen LogP contribution is -2.46. The Hall–Kier alpha value is -0.830. The molecule has 1 aromatic heterocycles. The molecule has 1 N–H and O–H groups in total. The third-order valence-corrected chi connectivity index (χ3v) is 4.34. The summed E-state index contributed by atoms with van der Waals surface area (Å²) in [5.74, 6) is 2.19. The number of rotatable bonds is 2. The van der Waals surface area contributed by atoms with E-state index in [1.165, 1.54) is 37.9 Å². The van der Waals surface area contributed by atoms with Crippen molar-refractivity contribution in [1.82, 2.24) is 14.9 Å². The fourth-order valence-corrected chi connectivity index (χ4v) is 3.38. The van der Waals surface area contributed by atoms with Crippen LogP contribution in [0.3, 0.4) is 0 Å². The molecule has 2 heterocycles. The van der Waals surface area contributed by atoms with Gasteiger partial charge in [-0.1, -0.05) is 6.42 Å². The summed E-state index contributed by atoms with van der Waals surface area (Å²) in [5, 5.41) is 3.83. The van der Waals surface area contributed by atoms with Crippen LogP contribution in [0.4, 0.5) is 0 Å². The van der Waals surface area contributed by atoms with E-state index in [2.05, 4.69) is 21.9 Å². The zero-order valence-corrected chi connectivity index (χ0v) is 10.0. The van der Waals surface area contributed by atoms with Crippen LogP contribution < -0.4 is 5.32 Å². The van der Waals surface area contributed by atoms with E-state index in [1.807, 2.05) is 12.4 Å². The third-order valence-electron chi connectivity index (χ3n) is 4.34. The molecule has 1 saturated carbocycles. The van der Waals surface area contributed by atoms with E-state index < -0.39 is 0 Å². The van der Waals surface area contributed by atoms with Gasteiger partial charge in [-0.05, 0) is 31.6 Å². The van der Waals surface area contributed by atoms with Gasteiger partial charge in [0.1, 0.15) is 5.82 Å². The van der Waals surface area contributed by atoms with Crippen molar-refractivity contribution in [3.05, 3.63) is 18.2 Å². The summed E-state index contributed by atoms with van der Waals surface area (Å²) in [7, 11) is 2.09. The summed E-state index contributed by atoms with van der Waals surface area (Å²) in [4.78, 5) is 4.42. The molecule has 1 aliphatic carbocycles. The van der Waals surface area contributed by atoms with Crippen LogP contribution in [-0.4, -0.2) is 21.6 Å². The molecule has 2 aliphatic rings. The maximum Gasteiger partial charge on any atom is 0.109 e. The van der Waals surface area contributed by atoms with E-state index in [1.54, 1.807) is 0 Å². The van der Waals surface area contributed by atoms with Gasteiger partial charge in [-0.2, -0.15) is 0 Å². The lowest BCUT2D eigenvalue weighted by atomic mass is 9.88. The molecule has 0 radical (unpaired) electrons. The second-order valence-corrected chi connectivity index (χ2v) is 5.40. The Balaban J connectivity index is 1.62. The molecule has 16 heavy (non-hydrogen) atoms. The van der Waals surface area contributed by atoms with E-state index in [0.717, 1.165) is 18.4 Å². The Morgan fingerprint density at radius 2 is 2.31 bits per heavy atom.